The maximum Gasteiger partial charge on any atom is 0.168 e. The number of aromatic nitrogens is 1. The number of benzene rings is 2. The fourth-order valence-electron chi connectivity index (χ4n) is 2.22. The van der Waals surface area contributed by atoms with E-state index in [9.17, 15) is 4.79 Å². The molecule has 0 atom stereocenters. The van der Waals surface area contributed by atoms with Gasteiger partial charge in [-0.05, 0) is 12.5 Å². The van der Waals surface area contributed by atoms with Gasteiger partial charge in [0.15, 0.2) is 5.78 Å². The lowest BCUT2D eigenvalue weighted by Gasteiger charge is -2.00. The van der Waals surface area contributed by atoms with Crippen LogP contribution in [0.5, 0.6) is 0 Å². The Balaban J connectivity index is 1.80. The number of ketones is 1. The van der Waals surface area contributed by atoms with Gasteiger partial charge in [0.05, 0.1) is 12.1 Å². The molecule has 1 aromatic heterocycles. The van der Waals surface area contributed by atoms with Crippen LogP contribution < -0.4 is 0 Å². The Morgan fingerprint density at radius 1 is 1.05 bits per heavy atom. The van der Waals surface area contributed by atoms with Gasteiger partial charge in [0.25, 0.3) is 0 Å². The van der Waals surface area contributed by atoms with E-state index < -0.39 is 0 Å². The molecule has 2 aromatic carbocycles. The van der Waals surface area contributed by atoms with Crippen molar-refractivity contribution in [3.63, 3.8) is 0 Å². The normalized spacial score (nSPS) is 10.5. The molecule has 3 heteroatoms. The van der Waals surface area contributed by atoms with E-state index in [0.29, 0.717) is 6.42 Å². The molecule has 104 valence electrons. The first-order valence-corrected chi connectivity index (χ1v) is 7.70. The first kappa shape index (κ1) is 13.7. The second-order valence-corrected chi connectivity index (χ2v) is 5.78. The van der Waals surface area contributed by atoms with Crippen LogP contribution in [0, 0.1) is 6.92 Å². The summed E-state index contributed by atoms with van der Waals surface area (Å²) >= 11 is 1.59. The molecule has 0 radical (unpaired) electrons. The highest BCUT2D eigenvalue weighted by Gasteiger charge is 2.11. The van der Waals surface area contributed by atoms with E-state index in [4.69, 9.17) is 0 Å². The minimum Gasteiger partial charge on any atom is -0.294 e. The van der Waals surface area contributed by atoms with Gasteiger partial charge in [0.1, 0.15) is 5.01 Å². The summed E-state index contributed by atoms with van der Waals surface area (Å²) in [5.41, 5.74) is 3.92. The van der Waals surface area contributed by atoms with Crippen LogP contribution in [0.1, 0.15) is 21.6 Å². The van der Waals surface area contributed by atoms with Gasteiger partial charge >= 0.3 is 0 Å². The predicted molar refractivity (Wildman–Crippen MR) is 86.8 cm³/mol. The minimum absolute atomic E-state index is 0.109. The second kappa shape index (κ2) is 6.02. The number of nitrogens with zero attached hydrogens (tertiary/aromatic N) is 1. The molecule has 3 aromatic rings. The van der Waals surface area contributed by atoms with Crippen molar-refractivity contribution in [3.8, 4) is 10.6 Å². The van der Waals surface area contributed by atoms with Crippen molar-refractivity contribution in [1.29, 1.82) is 0 Å². The summed E-state index contributed by atoms with van der Waals surface area (Å²) in [5, 5.41) is 2.95. The van der Waals surface area contributed by atoms with Crippen molar-refractivity contribution in [1.82, 2.24) is 4.98 Å². The van der Waals surface area contributed by atoms with Gasteiger partial charge in [-0.25, -0.2) is 4.98 Å². The first-order valence-electron chi connectivity index (χ1n) is 6.82. The summed E-state index contributed by atoms with van der Waals surface area (Å²) in [6, 6.07) is 17.5. The first-order chi connectivity index (χ1) is 10.2. The lowest BCUT2D eigenvalue weighted by molar-refractivity contribution is 0.0992. The maximum atomic E-state index is 12.2. The number of Topliss-reactive ketones (excluding diaryl/α,β-unsaturated/α-hetero) is 1. The lowest BCUT2D eigenvalue weighted by Crippen LogP contribution is -2.03. The quantitative estimate of drug-likeness (QED) is 0.661. The fourth-order valence-corrected chi connectivity index (χ4v) is 3.13. The summed E-state index contributed by atoms with van der Waals surface area (Å²) in [6.07, 6.45) is 0.354. The Morgan fingerprint density at radius 3 is 2.52 bits per heavy atom. The van der Waals surface area contributed by atoms with Crippen molar-refractivity contribution in [3.05, 3.63) is 76.8 Å². The van der Waals surface area contributed by atoms with Gasteiger partial charge < -0.3 is 0 Å². The monoisotopic (exact) mass is 293 g/mol. The Labute approximate surface area is 128 Å². The summed E-state index contributed by atoms with van der Waals surface area (Å²) in [4.78, 5) is 16.8. The van der Waals surface area contributed by atoms with Gasteiger partial charge in [0, 0.05) is 16.5 Å². The number of rotatable bonds is 4. The van der Waals surface area contributed by atoms with Crippen molar-refractivity contribution in [2.75, 3.05) is 0 Å². The Morgan fingerprint density at radius 2 is 1.76 bits per heavy atom. The highest BCUT2D eigenvalue weighted by molar-refractivity contribution is 7.13. The van der Waals surface area contributed by atoms with Crippen LogP contribution in [-0.2, 0) is 6.42 Å². The van der Waals surface area contributed by atoms with Gasteiger partial charge in [-0.2, -0.15) is 0 Å². The van der Waals surface area contributed by atoms with E-state index in [1.165, 1.54) is 5.56 Å². The zero-order valence-corrected chi connectivity index (χ0v) is 12.6. The van der Waals surface area contributed by atoms with Gasteiger partial charge in [0.2, 0.25) is 0 Å². The molecule has 0 bridgehead atoms. The van der Waals surface area contributed by atoms with Gasteiger partial charge in [-0.15, -0.1) is 11.3 Å². The molecule has 3 rings (SSSR count). The van der Waals surface area contributed by atoms with Crippen LogP contribution in [0.15, 0.2) is 60.0 Å². The van der Waals surface area contributed by atoms with Crippen molar-refractivity contribution in [2.24, 2.45) is 0 Å². The van der Waals surface area contributed by atoms with Crippen LogP contribution in [0.25, 0.3) is 10.6 Å². The largest absolute Gasteiger partial charge is 0.294 e. The lowest BCUT2D eigenvalue weighted by atomic mass is 10.1. The number of carbonyl (C=O) groups excluding carboxylic acids is 1. The number of carbonyl (C=O) groups is 1. The number of thiazole rings is 1. The molecule has 0 aliphatic carbocycles. The molecule has 0 spiro atoms. The van der Waals surface area contributed by atoms with E-state index in [0.717, 1.165) is 21.8 Å². The van der Waals surface area contributed by atoms with E-state index in [1.807, 2.05) is 47.8 Å². The molecule has 0 aliphatic heterocycles. The molecular formula is C18H15NOS. The molecule has 0 fully saturated rings. The second-order valence-electron chi connectivity index (χ2n) is 4.92. The van der Waals surface area contributed by atoms with E-state index in [2.05, 4.69) is 24.0 Å². The molecule has 0 saturated heterocycles. The Hall–Kier alpha value is -2.26. The molecule has 0 aliphatic rings. The standard InChI is InChI=1S/C18H15NOS/c1-13-7-5-6-10-16(13)18-19-15(12-21-18)11-17(20)14-8-3-2-4-9-14/h2-10,12H,11H2,1H3. The molecule has 0 N–H and O–H groups in total. The maximum absolute atomic E-state index is 12.2. The van der Waals surface area contributed by atoms with Crippen molar-refractivity contribution in [2.45, 2.75) is 13.3 Å². The molecule has 21 heavy (non-hydrogen) atoms. The molecule has 0 saturated carbocycles. The molecule has 0 unspecified atom stereocenters. The van der Waals surface area contributed by atoms with E-state index >= 15 is 0 Å². The van der Waals surface area contributed by atoms with Crippen LogP contribution in [0.3, 0.4) is 0 Å². The smallest absolute Gasteiger partial charge is 0.168 e. The molecule has 2 nitrogen and oxygen atoms in total. The Kier molecular flexibility index (Phi) is 3.93. The fraction of sp³-hybridized carbons (Fsp3) is 0.111. The van der Waals surface area contributed by atoms with Crippen LogP contribution in [-0.4, -0.2) is 10.8 Å². The third-order valence-corrected chi connectivity index (χ3v) is 4.29. The van der Waals surface area contributed by atoms with Crippen LogP contribution in [0.4, 0.5) is 0 Å². The molecule has 0 amide bonds. The molecular weight excluding hydrogens is 278 g/mol. The zero-order valence-electron chi connectivity index (χ0n) is 11.7. The Bertz CT molecular complexity index is 762. The van der Waals surface area contributed by atoms with E-state index in [-0.39, 0.29) is 5.78 Å². The SMILES string of the molecule is Cc1ccccc1-c1nc(CC(=O)c2ccccc2)cs1. The summed E-state index contributed by atoms with van der Waals surface area (Å²) in [7, 11) is 0. The summed E-state index contributed by atoms with van der Waals surface area (Å²) in [5.74, 6) is 0.109. The number of hydrogen-bond donors (Lipinski definition) is 0. The van der Waals surface area contributed by atoms with Crippen LogP contribution >= 0.6 is 11.3 Å². The van der Waals surface area contributed by atoms with Crippen LogP contribution in [0.2, 0.25) is 0 Å². The van der Waals surface area contributed by atoms with Crippen molar-refractivity contribution < 1.29 is 4.79 Å². The summed E-state index contributed by atoms with van der Waals surface area (Å²) < 4.78 is 0. The van der Waals surface area contributed by atoms with Crippen molar-refractivity contribution >= 4 is 17.1 Å². The minimum atomic E-state index is 0.109. The predicted octanol–water partition coefficient (Wildman–Crippen LogP) is 4.54. The zero-order chi connectivity index (χ0) is 14.7. The number of aryl methyl sites for hydroxylation is 1. The third kappa shape index (κ3) is 3.09. The topological polar surface area (TPSA) is 30.0 Å². The highest BCUT2D eigenvalue weighted by atomic mass is 32.1. The van der Waals surface area contributed by atoms with Gasteiger partial charge in [-0.3, -0.25) is 4.79 Å². The summed E-state index contributed by atoms with van der Waals surface area (Å²) in [6.45, 7) is 2.07. The highest BCUT2D eigenvalue weighted by Crippen LogP contribution is 2.26. The number of hydrogen-bond acceptors (Lipinski definition) is 3. The van der Waals surface area contributed by atoms with E-state index in [1.54, 1.807) is 11.3 Å². The third-order valence-electron chi connectivity index (χ3n) is 3.36. The average molecular weight is 293 g/mol. The van der Waals surface area contributed by atoms with Gasteiger partial charge in [-0.1, -0.05) is 54.6 Å². The average Bonchev–Trinajstić information content (AvgIpc) is 2.97. The molecule has 1 heterocycles.